The maximum Gasteiger partial charge on any atom is 0.294 e. The van der Waals surface area contributed by atoms with Crippen LogP contribution in [0.5, 0.6) is 5.19 Å². The van der Waals surface area contributed by atoms with Crippen molar-refractivity contribution in [2.24, 2.45) is 0 Å². The molecule has 4 heteroatoms. The lowest BCUT2D eigenvalue weighted by Gasteiger charge is -2.07. The molecule has 0 bridgehead atoms. The van der Waals surface area contributed by atoms with Gasteiger partial charge in [-0.15, -0.1) is 10.2 Å². The quantitative estimate of drug-likeness (QED) is 0.769. The van der Waals surface area contributed by atoms with E-state index >= 15 is 0 Å². The van der Waals surface area contributed by atoms with Crippen LogP contribution in [0.3, 0.4) is 0 Å². The average molecular weight is 210 g/mol. The van der Waals surface area contributed by atoms with Crippen LogP contribution in [-0.4, -0.2) is 16.3 Å². The van der Waals surface area contributed by atoms with E-state index in [9.17, 15) is 0 Å². The average Bonchev–Trinajstić information content (AvgIpc) is 2.75. The van der Waals surface area contributed by atoms with Crippen LogP contribution in [-0.2, 0) is 0 Å². The van der Waals surface area contributed by atoms with Crippen LogP contribution in [0.1, 0.15) is 49.5 Å². The van der Waals surface area contributed by atoms with E-state index in [1.165, 1.54) is 43.5 Å². The first-order valence-corrected chi connectivity index (χ1v) is 6.23. The Morgan fingerprint density at radius 3 is 2.57 bits per heavy atom. The molecule has 76 valence electrons. The highest BCUT2D eigenvalue weighted by Gasteiger charge is 2.28. The minimum atomic E-state index is 0.412. The molecule has 0 aliphatic heterocycles. The Balaban J connectivity index is 1.64. The van der Waals surface area contributed by atoms with E-state index in [-0.39, 0.29) is 0 Å². The monoisotopic (exact) mass is 210 g/mol. The van der Waals surface area contributed by atoms with Crippen molar-refractivity contribution in [3.05, 3.63) is 5.01 Å². The third-order valence-corrected chi connectivity index (χ3v) is 3.89. The zero-order valence-electron chi connectivity index (χ0n) is 8.11. The minimum Gasteiger partial charge on any atom is -0.466 e. The van der Waals surface area contributed by atoms with Gasteiger partial charge in [-0.1, -0.05) is 11.3 Å². The number of nitrogens with zero attached hydrogens (tertiary/aromatic N) is 2. The van der Waals surface area contributed by atoms with E-state index in [0.717, 1.165) is 5.19 Å². The van der Waals surface area contributed by atoms with E-state index in [4.69, 9.17) is 4.74 Å². The fraction of sp³-hybridized carbons (Fsp3) is 0.800. The molecule has 3 rings (SSSR count). The van der Waals surface area contributed by atoms with Crippen molar-refractivity contribution in [1.29, 1.82) is 0 Å². The van der Waals surface area contributed by atoms with E-state index in [0.29, 0.717) is 12.0 Å². The molecule has 0 amide bonds. The van der Waals surface area contributed by atoms with Crippen molar-refractivity contribution in [1.82, 2.24) is 10.2 Å². The fourth-order valence-corrected chi connectivity index (χ4v) is 2.84. The molecule has 0 radical (unpaired) electrons. The predicted molar refractivity (Wildman–Crippen MR) is 54.8 cm³/mol. The lowest BCUT2D eigenvalue weighted by Crippen LogP contribution is -2.10. The molecular formula is C10H14N2OS. The summed E-state index contributed by atoms with van der Waals surface area (Å²) >= 11 is 1.65. The van der Waals surface area contributed by atoms with E-state index in [2.05, 4.69) is 10.2 Å². The Bertz CT molecular complexity index is 316. The van der Waals surface area contributed by atoms with Gasteiger partial charge in [0, 0.05) is 5.92 Å². The Hall–Kier alpha value is -0.640. The summed E-state index contributed by atoms with van der Waals surface area (Å²) < 4.78 is 5.78. The van der Waals surface area contributed by atoms with Crippen LogP contribution in [0.25, 0.3) is 0 Å². The smallest absolute Gasteiger partial charge is 0.294 e. The van der Waals surface area contributed by atoms with E-state index in [1.54, 1.807) is 11.3 Å². The lowest BCUT2D eigenvalue weighted by molar-refractivity contribution is 0.207. The summed E-state index contributed by atoms with van der Waals surface area (Å²) in [6.07, 6.45) is 7.99. The molecule has 2 aliphatic carbocycles. The number of aromatic nitrogens is 2. The standard InChI is InChI=1S/C10H14N2OS/c1-2-4-8(3-1)13-10-12-11-9(14-10)7-5-6-7/h7-8H,1-6H2. The summed E-state index contributed by atoms with van der Waals surface area (Å²) in [6.45, 7) is 0. The molecule has 2 saturated carbocycles. The number of ether oxygens (including phenoxy) is 1. The van der Waals surface area contributed by atoms with Crippen molar-refractivity contribution >= 4 is 11.3 Å². The van der Waals surface area contributed by atoms with Crippen LogP contribution >= 0.6 is 11.3 Å². The largest absolute Gasteiger partial charge is 0.466 e. The molecule has 1 heterocycles. The minimum absolute atomic E-state index is 0.412. The molecule has 0 spiro atoms. The van der Waals surface area contributed by atoms with Gasteiger partial charge < -0.3 is 4.74 Å². The van der Waals surface area contributed by atoms with Crippen molar-refractivity contribution in [2.75, 3.05) is 0 Å². The molecule has 0 saturated heterocycles. The van der Waals surface area contributed by atoms with Crippen LogP contribution < -0.4 is 4.74 Å². The highest BCUT2D eigenvalue weighted by molar-refractivity contribution is 7.13. The Kier molecular flexibility index (Phi) is 2.16. The maximum absolute atomic E-state index is 5.78. The maximum atomic E-state index is 5.78. The zero-order valence-corrected chi connectivity index (χ0v) is 8.92. The first-order chi connectivity index (χ1) is 6.92. The topological polar surface area (TPSA) is 35.0 Å². The zero-order chi connectivity index (χ0) is 9.38. The van der Waals surface area contributed by atoms with Gasteiger partial charge in [-0.25, -0.2) is 0 Å². The van der Waals surface area contributed by atoms with Crippen LogP contribution in [0.2, 0.25) is 0 Å². The first kappa shape index (κ1) is 8.65. The predicted octanol–water partition coefficient (Wildman–Crippen LogP) is 2.74. The molecule has 2 fully saturated rings. The van der Waals surface area contributed by atoms with Gasteiger partial charge in [-0.3, -0.25) is 0 Å². The summed E-state index contributed by atoms with van der Waals surface area (Å²) in [5.41, 5.74) is 0. The molecule has 3 nitrogen and oxygen atoms in total. The third-order valence-electron chi connectivity index (χ3n) is 2.92. The summed E-state index contributed by atoms with van der Waals surface area (Å²) in [5, 5.41) is 10.2. The molecule has 14 heavy (non-hydrogen) atoms. The molecule has 0 aromatic carbocycles. The lowest BCUT2D eigenvalue weighted by atomic mass is 10.3. The summed E-state index contributed by atoms with van der Waals surface area (Å²) in [4.78, 5) is 0. The molecule has 0 N–H and O–H groups in total. The van der Waals surface area contributed by atoms with Gasteiger partial charge in [0.25, 0.3) is 5.19 Å². The number of rotatable bonds is 3. The van der Waals surface area contributed by atoms with Gasteiger partial charge in [-0.05, 0) is 38.5 Å². The number of hydrogen-bond donors (Lipinski definition) is 0. The van der Waals surface area contributed by atoms with Crippen molar-refractivity contribution in [2.45, 2.75) is 50.5 Å². The number of hydrogen-bond acceptors (Lipinski definition) is 4. The molecule has 2 aliphatic rings. The molecule has 1 aromatic heterocycles. The third kappa shape index (κ3) is 1.75. The molecule has 0 unspecified atom stereocenters. The van der Waals surface area contributed by atoms with Gasteiger partial charge in [0.15, 0.2) is 0 Å². The Labute approximate surface area is 87.5 Å². The first-order valence-electron chi connectivity index (χ1n) is 5.42. The van der Waals surface area contributed by atoms with Crippen molar-refractivity contribution in [3.63, 3.8) is 0 Å². The second kappa shape index (κ2) is 3.50. The van der Waals surface area contributed by atoms with Gasteiger partial charge in [-0.2, -0.15) is 0 Å². The highest BCUT2D eigenvalue weighted by Crippen LogP contribution is 2.42. The molecular weight excluding hydrogens is 196 g/mol. The second-order valence-electron chi connectivity index (χ2n) is 4.20. The molecule has 0 atom stereocenters. The fourth-order valence-electron chi connectivity index (χ4n) is 1.91. The van der Waals surface area contributed by atoms with Gasteiger partial charge in [0.2, 0.25) is 0 Å². The summed E-state index contributed by atoms with van der Waals surface area (Å²) in [5.74, 6) is 0.702. The van der Waals surface area contributed by atoms with Crippen molar-refractivity contribution in [3.8, 4) is 5.19 Å². The molecule has 1 aromatic rings. The normalized spacial score (nSPS) is 22.9. The Morgan fingerprint density at radius 2 is 1.86 bits per heavy atom. The second-order valence-corrected chi connectivity index (χ2v) is 5.18. The van der Waals surface area contributed by atoms with Gasteiger partial charge in [0.1, 0.15) is 11.1 Å². The highest BCUT2D eigenvalue weighted by atomic mass is 32.1. The summed E-state index contributed by atoms with van der Waals surface area (Å²) in [6, 6.07) is 0. The van der Waals surface area contributed by atoms with E-state index in [1.807, 2.05) is 0 Å². The van der Waals surface area contributed by atoms with Crippen LogP contribution in [0.4, 0.5) is 0 Å². The summed E-state index contributed by atoms with van der Waals surface area (Å²) in [7, 11) is 0. The van der Waals surface area contributed by atoms with E-state index < -0.39 is 0 Å². The van der Waals surface area contributed by atoms with Crippen LogP contribution in [0, 0.1) is 0 Å². The van der Waals surface area contributed by atoms with Crippen LogP contribution in [0.15, 0.2) is 0 Å². The van der Waals surface area contributed by atoms with Crippen molar-refractivity contribution < 1.29 is 4.74 Å². The SMILES string of the molecule is C1CCC(Oc2nnc(C3CC3)s2)C1. The van der Waals surface area contributed by atoms with Gasteiger partial charge >= 0.3 is 0 Å². The Morgan fingerprint density at radius 1 is 1.07 bits per heavy atom. The van der Waals surface area contributed by atoms with Gasteiger partial charge in [0.05, 0.1) is 0 Å².